The van der Waals surface area contributed by atoms with Gasteiger partial charge < -0.3 is 20.3 Å². The number of benzene rings is 1. The second kappa shape index (κ2) is 10.9. The van der Waals surface area contributed by atoms with Crippen molar-refractivity contribution in [2.24, 2.45) is 0 Å². The highest BCUT2D eigenvalue weighted by Gasteiger charge is 2.38. The maximum absolute atomic E-state index is 13.2. The minimum absolute atomic E-state index is 0.0647. The van der Waals surface area contributed by atoms with E-state index in [1.807, 2.05) is 45.9 Å². The molecule has 2 N–H and O–H groups in total. The van der Waals surface area contributed by atoms with Crippen LogP contribution in [0.4, 0.5) is 9.59 Å². The molecule has 34 heavy (non-hydrogen) atoms. The van der Waals surface area contributed by atoms with Gasteiger partial charge in [-0.25, -0.2) is 14.4 Å². The van der Waals surface area contributed by atoms with Crippen molar-refractivity contribution in [1.82, 2.24) is 25.3 Å². The van der Waals surface area contributed by atoms with E-state index in [-0.39, 0.29) is 24.7 Å². The Morgan fingerprint density at radius 2 is 1.85 bits per heavy atom. The van der Waals surface area contributed by atoms with Crippen LogP contribution in [0.1, 0.15) is 43.5 Å². The number of amides is 4. The predicted octanol–water partition coefficient (Wildman–Crippen LogP) is 2.55. The summed E-state index contributed by atoms with van der Waals surface area (Å²) in [6, 6.07) is 5.16. The highest BCUT2D eigenvalue weighted by Crippen LogP contribution is 2.33. The number of hydrogen-bond acceptors (Lipinski definition) is 5. The minimum atomic E-state index is -0.587. The highest BCUT2D eigenvalue weighted by atomic mass is 16.5. The van der Waals surface area contributed by atoms with Gasteiger partial charge in [-0.3, -0.25) is 9.80 Å². The summed E-state index contributed by atoms with van der Waals surface area (Å²) >= 11 is 0. The second-order valence-electron chi connectivity index (χ2n) is 9.25. The molecule has 0 bridgehead atoms. The summed E-state index contributed by atoms with van der Waals surface area (Å²) in [5, 5.41) is 5.92. The van der Waals surface area contributed by atoms with Crippen molar-refractivity contribution in [3.63, 3.8) is 0 Å². The first-order valence-corrected chi connectivity index (χ1v) is 11.9. The van der Waals surface area contributed by atoms with Gasteiger partial charge in [0.15, 0.2) is 0 Å². The van der Waals surface area contributed by atoms with Gasteiger partial charge in [-0.05, 0) is 45.7 Å². The molecule has 186 valence electrons. The first kappa shape index (κ1) is 25.6. The summed E-state index contributed by atoms with van der Waals surface area (Å²) in [5.74, 6) is -0.427. The van der Waals surface area contributed by atoms with E-state index in [4.69, 9.17) is 4.74 Å². The molecule has 0 saturated carbocycles. The molecule has 1 unspecified atom stereocenters. The number of rotatable bonds is 6. The first-order chi connectivity index (χ1) is 16.1. The van der Waals surface area contributed by atoms with E-state index in [1.165, 1.54) is 4.90 Å². The van der Waals surface area contributed by atoms with Crippen molar-refractivity contribution in [2.75, 3.05) is 46.4 Å². The Labute approximate surface area is 202 Å². The number of hydrogen-bond donors (Lipinski definition) is 2. The third-order valence-electron chi connectivity index (χ3n) is 6.25. The topological polar surface area (TPSA) is 94.2 Å². The summed E-state index contributed by atoms with van der Waals surface area (Å²) in [5.41, 5.74) is 4.08. The first-order valence-electron chi connectivity index (χ1n) is 11.9. The fourth-order valence-electron chi connectivity index (χ4n) is 4.44. The fourth-order valence-corrected chi connectivity index (χ4v) is 4.44. The molecule has 9 heteroatoms. The van der Waals surface area contributed by atoms with Gasteiger partial charge in [-0.1, -0.05) is 23.8 Å². The van der Waals surface area contributed by atoms with Gasteiger partial charge in [0.1, 0.15) is 0 Å². The summed E-state index contributed by atoms with van der Waals surface area (Å²) in [6.45, 7) is 12.8. The molecular formula is C25H37N5O4. The van der Waals surface area contributed by atoms with Gasteiger partial charge in [-0.15, -0.1) is 0 Å². The average Bonchev–Trinajstić information content (AvgIpc) is 2.77. The molecule has 4 amide bonds. The van der Waals surface area contributed by atoms with Gasteiger partial charge in [0.2, 0.25) is 0 Å². The Bertz CT molecular complexity index is 966. The standard InChI is InChI=1S/C25H37N5O4/c1-7-34-23(31)21-20(15-29-10-12-30(13-11-29)25(33)26-16(2)3)28(6)24(32)27-22(21)19-9-8-17(4)14-18(19)5/h8-9,14,16,22H,7,10-13,15H2,1-6H3,(H,26,33)(H,27,32). The van der Waals surface area contributed by atoms with E-state index in [2.05, 4.69) is 15.5 Å². The van der Waals surface area contributed by atoms with Crippen LogP contribution >= 0.6 is 0 Å². The number of aryl methyl sites for hydroxylation is 2. The van der Waals surface area contributed by atoms with E-state index < -0.39 is 12.0 Å². The van der Waals surface area contributed by atoms with Crippen LogP contribution in [0.2, 0.25) is 0 Å². The van der Waals surface area contributed by atoms with Crippen LogP contribution in [0.5, 0.6) is 0 Å². The van der Waals surface area contributed by atoms with Crippen molar-refractivity contribution < 1.29 is 19.1 Å². The number of nitrogens with zero attached hydrogens (tertiary/aromatic N) is 3. The smallest absolute Gasteiger partial charge is 0.338 e. The van der Waals surface area contributed by atoms with Crippen LogP contribution in [0.25, 0.3) is 0 Å². The normalized spacial score (nSPS) is 19.4. The number of ether oxygens (including phenoxy) is 1. The molecule has 0 radical (unpaired) electrons. The molecule has 0 spiro atoms. The summed E-state index contributed by atoms with van der Waals surface area (Å²) in [4.78, 5) is 43.9. The van der Waals surface area contributed by atoms with E-state index in [0.29, 0.717) is 44.0 Å². The second-order valence-corrected chi connectivity index (χ2v) is 9.25. The van der Waals surface area contributed by atoms with Crippen molar-refractivity contribution in [3.05, 3.63) is 46.2 Å². The van der Waals surface area contributed by atoms with E-state index in [0.717, 1.165) is 16.7 Å². The molecule has 1 saturated heterocycles. The van der Waals surface area contributed by atoms with Gasteiger partial charge in [-0.2, -0.15) is 0 Å². The predicted molar refractivity (Wildman–Crippen MR) is 130 cm³/mol. The lowest BCUT2D eigenvalue weighted by Crippen LogP contribution is -2.55. The third-order valence-corrected chi connectivity index (χ3v) is 6.25. The molecule has 2 aliphatic heterocycles. The quantitative estimate of drug-likeness (QED) is 0.622. The zero-order valence-corrected chi connectivity index (χ0v) is 21.1. The van der Waals surface area contributed by atoms with Crippen LogP contribution in [0, 0.1) is 13.8 Å². The van der Waals surface area contributed by atoms with Crippen molar-refractivity contribution in [2.45, 2.75) is 46.7 Å². The van der Waals surface area contributed by atoms with Crippen LogP contribution in [-0.2, 0) is 9.53 Å². The lowest BCUT2D eigenvalue weighted by molar-refractivity contribution is -0.139. The number of esters is 1. The van der Waals surface area contributed by atoms with Crippen LogP contribution in [0.15, 0.2) is 29.5 Å². The van der Waals surface area contributed by atoms with Gasteiger partial charge in [0.25, 0.3) is 0 Å². The molecule has 2 heterocycles. The molecule has 3 rings (SSSR count). The molecule has 0 aromatic heterocycles. The Morgan fingerprint density at radius 1 is 1.18 bits per heavy atom. The number of likely N-dealkylation sites (N-methyl/N-ethyl adjacent to an activating group) is 1. The molecule has 0 aliphatic carbocycles. The summed E-state index contributed by atoms with van der Waals surface area (Å²) < 4.78 is 5.43. The maximum Gasteiger partial charge on any atom is 0.338 e. The number of urea groups is 2. The number of nitrogens with one attached hydrogen (secondary N) is 2. The monoisotopic (exact) mass is 471 g/mol. The Morgan fingerprint density at radius 3 is 2.44 bits per heavy atom. The third kappa shape index (κ3) is 5.70. The molecule has 1 aromatic rings. The zero-order chi connectivity index (χ0) is 25.0. The van der Waals surface area contributed by atoms with E-state index in [9.17, 15) is 14.4 Å². The average molecular weight is 472 g/mol. The van der Waals surface area contributed by atoms with Crippen LogP contribution in [-0.4, -0.2) is 85.2 Å². The molecule has 1 aromatic carbocycles. The summed E-state index contributed by atoms with van der Waals surface area (Å²) in [6.07, 6.45) is 0. The van der Waals surface area contributed by atoms with Crippen molar-refractivity contribution >= 4 is 18.0 Å². The molecule has 1 atom stereocenters. The Hall–Kier alpha value is -3.07. The lowest BCUT2D eigenvalue weighted by Gasteiger charge is -2.39. The van der Waals surface area contributed by atoms with Gasteiger partial charge in [0.05, 0.1) is 18.2 Å². The van der Waals surface area contributed by atoms with Crippen LogP contribution < -0.4 is 10.6 Å². The van der Waals surface area contributed by atoms with E-state index >= 15 is 0 Å². The lowest BCUT2D eigenvalue weighted by atomic mass is 9.90. The molecule has 1 fully saturated rings. The van der Waals surface area contributed by atoms with Crippen molar-refractivity contribution in [1.29, 1.82) is 0 Å². The highest BCUT2D eigenvalue weighted by molar-refractivity contribution is 5.95. The number of carbonyl (C=O) groups excluding carboxylic acids is 3. The number of piperazine rings is 1. The Balaban J connectivity index is 1.90. The fraction of sp³-hybridized carbons (Fsp3) is 0.560. The molecule has 9 nitrogen and oxygen atoms in total. The van der Waals surface area contributed by atoms with Crippen molar-refractivity contribution in [3.8, 4) is 0 Å². The maximum atomic E-state index is 13.2. The Kier molecular flexibility index (Phi) is 8.19. The van der Waals surface area contributed by atoms with Crippen LogP contribution in [0.3, 0.4) is 0 Å². The van der Waals surface area contributed by atoms with E-state index in [1.54, 1.807) is 18.9 Å². The zero-order valence-electron chi connectivity index (χ0n) is 21.1. The van der Waals surface area contributed by atoms with Gasteiger partial charge >= 0.3 is 18.0 Å². The minimum Gasteiger partial charge on any atom is -0.463 e. The number of carbonyl (C=O) groups is 3. The molecular weight excluding hydrogens is 434 g/mol. The molecule has 2 aliphatic rings. The summed E-state index contributed by atoms with van der Waals surface area (Å²) in [7, 11) is 1.68. The van der Waals surface area contributed by atoms with Gasteiger partial charge in [0, 0.05) is 51.5 Å². The largest absolute Gasteiger partial charge is 0.463 e. The SMILES string of the molecule is CCOC(=O)C1=C(CN2CCN(C(=O)NC(C)C)CC2)N(C)C(=O)NC1c1ccc(C)cc1C.